The molecule has 0 aromatic heterocycles. The molecule has 0 radical (unpaired) electrons. The van der Waals surface area contributed by atoms with Crippen LogP contribution in [0.4, 0.5) is 0 Å². The predicted molar refractivity (Wildman–Crippen MR) is 49.6 cm³/mol. The summed E-state index contributed by atoms with van der Waals surface area (Å²) in [6.07, 6.45) is -0.929. The molecule has 0 aromatic carbocycles. The Kier molecular flexibility index (Phi) is 5.49. The Hall–Kier alpha value is -0.910. The normalized spacial score (nSPS) is 13.5. The van der Waals surface area contributed by atoms with Crippen molar-refractivity contribution >= 4 is 19.5 Å². The van der Waals surface area contributed by atoms with Gasteiger partial charge in [-0.15, -0.1) is 0 Å². The van der Waals surface area contributed by atoms with Crippen molar-refractivity contribution in [3.05, 3.63) is 0 Å². The highest BCUT2D eigenvalue weighted by Gasteiger charge is 2.30. The van der Waals surface area contributed by atoms with Crippen molar-refractivity contribution in [3.8, 4) is 0 Å². The van der Waals surface area contributed by atoms with E-state index in [1.165, 1.54) is 0 Å². The Labute approximate surface area is 85.9 Å². The molecule has 15 heavy (non-hydrogen) atoms. The summed E-state index contributed by atoms with van der Waals surface area (Å²) in [6, 6.07) is 0. The van der Waals surface area contributed by atoms with Gasteiger partial charge in [-0.3, -0.25) is 14.2 Å². The van der Waals surface area contributed by atoms with E-state index in [1.807, 2.05) is 0 Å². The van der Waals surface area contributed by atoms with E-state index >= 15 is 0 Å². The zero-order valence-corrected chi connectivity index (χ0v) is 8.76. The fourth-order valence-electron chi connectivity index (χ4n) is 1.08. The van der Waals surface area contributed by atoms with Gasteiger partial charge in [0.15, 0.2) is 0 Å². The van der Waals surface area contributed by atoms with Gasteiger partial charge in [0.05, 0.1) is 12.1 Å². The minimum absolute atomic E-state index is 0.0540. The first-order chi connectivity index (χ1) is 6.73. The van der Waals surface area contributed by atoms with Gasteiger partial charge >= 0.3 is 19.5 Å². The van der Waals surface area contributed by atoms with Crippen molar-refractivity contribution < 1.29 is 34.2 Å². The molecule has 0 aliphatic heterocycles. The van der Waals surface area contributed by atoms with Crippen LogP contribution < -0.4 is 0 Å². The molecule has 4 N–H and O–H groups in total. The lowest BCUT2D eigenvalue weighted by Crippen LogP contribution is -2.14. The molecule has 0 fully saturated rings. The summed E-state index contributed by atoms with van der Waals surface area (Å²) in [6.45, 7) is 0. The minimum atomic E-state index is -4.46. The molecule has 8 heteroatoms. The van der Waals surface area contributed by atoms with Crippen molar-refractivity contribution in [2.75, 3.05) is 0 Å². The van der Waals surface area contributed by atoms with Crippen LogP contribution >= 0.6 is 7.60 Å². The third-order valence-corrected chi connectivity index (χ3v) is 3.21. The van der Waals surface area contributed by atoms with E-state index < -0.39 is 31.6 Å². The van der Waals surface area contributed by atoms with E-state index in [0.717, 1.165) is 0 Å². The molecule has 0 aliphatic rings. The van der Waals surface area contributed by atoms with Crippen LogP contribution in [0.25, 0.3) is 0 Å². The molecule has 7 nitrogen and oxygen atoms in total. The third-order valence-electron chi connectivity index (χ3n) is 1.81. The zero-order chi connectivity index (χ0) is 12.1. The molecule has 0 aliphatic carbocycles. The van der Waals surface area contributed by atoms with Crippen LogP contribution in [0, 0.1) is 0 Å². The predicted octanol–water partition coefficient (Wildman–Crippen LogP) is 0.262. The van der Waals surface area contributed by atoms with Crippen LogP contribution in [0.3, 0.4) is 0 Å². The Morgan fingerprint density at radius 1 is 1.13 bits per heavy atom. The number of hydrogen-bond donors (Lipinski definition) is 4. The molecule has 1 atom stereocenters. The van der Waals surface area contributed by atoms with E-state index in [1.54, 1.807) is 0 Å². The number of carboxylic acid groups (broad SMARTS) is 2. The molecule has 0 amide bonds. The largest absolute Gasteiger partial charge is 0.481 e. The Balaban J connectivity index is 4.21. The number of carbonyl (C=O) groups is 2. The van der Waals surface area contributed by atoms with Gasteiger partial charge < -0.3 is 20.0 Å². The van der Waals surface area contributed by atoms with Gasteiger partial charge in [0.2, 0.25) is 0 Å². The van der Waals surface area contributed by atoms with Crippen molar-refractivity contribution in [2.24, 2.45) is 0 Å². The van der Waals surface area contributed by atoms with E-state index in [0.29, 0.717) is 0 Å². The first-order valence-electron chi connectivity index (χ1n) is 4.22. The van der Waals surface area contributed by atoms with Crippen molar-refractivity contribution in [2.45, 2.75) is 31.3 Å². The molecule has 0 bridgehead atoms. The Bertz CT molecular complexity index is 281. The van der Waals surface area contributed by atoms with Gasteiger partial charge in [-0.2, -0.15) is 0 Å². The Morgan fingerprint density at radius 3 is 2.00 bits per heavy atom. The standard InChI is InChI=1S/C7H13O7P/c8-6(9)3-1-2-5(4-7(10)11)15(12,13)14/h5H,1-4H2,(H,8,9)(H,10,11)(H2,12,13,14). The average molecular weight is 240 g/mol. The summed E-state index contributed by atoms with van der Waals surface area (Å²) in [5.74, 6) is -2.38. The van der Waals surface area contributed by atoms with Gasteiger partial charge in [-0.05, 0) is 12.8 Å². The van der Waals surface area contributed by atoms with Crippen LogP contribution in [0.2, 0.25) is 0 Å². The molecule has 0 saturated carbocycles. The smallest absolute Gasteiger partial charge is 0.329 e. The quantitative estimate of drug-likeness (QED) is 0.469. The van der Waals surface area contributed by atoms with Crippen LogP contribution in [-0.4, -0.2) is 37.6 Å². The average Bonchev–Trinajstić information content (AvgIpc) is 1.99. The first-order valence-corrected chi connectivity index (χ1v) is 5.90. The molecule has 0 spiro atoms. The van der Waals surface area contributed by atoms with E-state index in [4.69, 9.17) is 20.0 Å². The van der Waals surface area contributed by atoms with Crippen molar-refractivity contribution in [1.82, 2.24) is 0 Å². The summed E-state index contributed by atoms with van der Waals surface area (Å²) in [5.41, 5.74) is -1.30. The van der Waals surface area contributed by atoms with Gasteiger partial charge in [0.25, 0.3) is 0 Å². The second kappa shape index (κ2) is 5.85. The highest BCUT2D eigenvalue weighted by atomic mass is 31.2. The van der Waals surface area contributed by atoms with E-state index in [2.05, 4.69) is 0 Å². The molecule has 0 rings (SSSR count). The molecule has 88 valence electrons. The van der Waals surface area contributed by atoms with E-state index in [9.17, 15) is 14.2 Å². The van der Waals surface area contributed by atoms with Gasteiger partial charge in [0, 0.05) is 6.42 Å². The third kappa shape index (κ3) is 7.07. The molecular formula is C7H13O7P. The topological polar surface area (TPSA) is 132 Å². The molecule has 0 saturated heterocycles. The maximum absolute atomic E-state index is 10.8. The summed E-state index contributed by atoms with van der Waals surface area (Å²) < 4.78 is 10.8. The summed E-state index contributed by atoms with van der Waals surface area (Å²) in [5, 5.41) is 16.7. The maximum atomic E-state index is 10.8. The fourth-order valence-corrected chi connectivity index (χ4v) is 1.99. The number of rotatable bonds is 7. The van der Waals surface area contributed by atoms with Crippen LogP contribution in [0.5, 0.6) is 0 Å². The van der Waals surface area contributed by atoms with Crippen molar-refractivity contribution in [1.29, 1.82) is 0 Å². The maximum Gasteiger partial charge on any atom is 0.329 e. The van der Waals surface area contributed by atoms with Crippen LogP contribution in [0.15, 0.2) is 0 Å². The summed E-state index contributed by atoms with van der Waals surface area (Å²) in [4.78, 5) is 38.0. The lowest BCUT2D eigenvalue weighted by atomic mass is 10.1. The fraction of sp³-hybridized carbons (Fsp3) is 0.714. The monoisotopic (exact) mass is 240 g/mol. The number of aliphatic carboxylic acids is 2. The summed E-state index contributed by atoms with van der Waals surface area (Å²) >= 11 is 0. The van der Waals surface area contributed by atoms with E-state index in [-0.39, 0.29) is 19.3 Å². The second-order valence-electron chi connectivity index (χ2n) is 3.13. The highest BCUT2D eigenvalue weighted by molar-refractivity contribution is 7.52. The zero-order valence-electron chi connectivity index (χ0n) is 7.87. The number of carboxylic acids is 2. The van der Waals surface area contributed by atoms with Gasteiger partial charge in [0.1, 0.15) is 0 Å². The van der Waals surface area contributed by atoms with Gasteiger partial charge in [-0.1, -0.05) is 0 Å². The first kappa shape index (κ1) is 14.1. The molecule has 1 unspecified atom stereocenters. The molecule has 0 heterocycles. The van der Waals surface area contributed by atoms with Crippen LogP contribution in [0.1, 0.15) is 25.7 Å². The number of hydrogen-bond acceptors (Lipinski definition) is 3. The second-order valence-corrected chi connectivity index (χ2v) is 5.04. The van der Waals surface area contributed by atoms with Gasteiger partial charge in [-0.25, -0.2) is 0 Å². The Morgan fingerprint density at radius 2 is 1.67 bits per heavy atom. The molecular weight excluding hydrogens is 227 g/mol. The SMILES string of the molecule is O=C(O)CCCC(CC(=O)O)P(=O)(O)O. The van der Waals surface area contributed by atoms with Crippen molar-refractivity contribution in [3.63, 3.8) is 0 Å². The lowest BCUT2D eigenvalue weighted by Gasteiger charge is -2.15. The summed E-state index contributed by atoms with van der Waals surface area (Å²) in [7, 11) is -4.46. The van der Waals surface area contributed by atoms with Crippen LogP contribution in [-0.2, 0) is 14.2 Å². The molecule has 0 aromatic rings. The highest BCUT2D eigenvalue weighted by Crippen LogP contribution is 2.45. The lowest BCUT2D eigenvalue weighted by molar-refractivity contribution is -0.137. The minimum Gasteiger partial charge on any atom is -0.481 e.